The number of piperidine rings is 1. The highest BCUT2D eigenvalue weighted by Gasteiger charge is 2.46. The summed E-state index contributed by atoms with van der Waals surface area (Å²) in [6.45, 7) is 3.61. The van der Waals surface area contributed by atoms with Crippen molar-refractivity contribution in [2.45, 2.75) is 32.3 Å². The molecule has 0 spiro atoms. The number of rotatable bonds is 4. The predicted molar refractivity (Wildman–Crippen MR) is 60.5 cm³/mol. The lowest BCUT2D eigenvalue weighted by atomic mass is 9.98. The van der Waals surface area contributed by atoms with E-state index < -0.39 is 11.9 Å². The van der Waals surface area contributed by atoms with E-state index in [9.17, 15) is 9.59 Å². The van der Waals surface area contributed by atoms with Crippen LogP contribution >= 0.6 is 0 Å². The quantitative estimate of drug-likeness (QED) is 0.788. The van der Waals surface area contributed by atoms with Gasteiger partial charge in [0.05, 0.1) is 17.9 Å². The summed E-state index contributed by atoms with van der Waals surface area (Å²) < 4.78 is 5.39. The number of carboxylic acids is 1. The average molecular weight is 241 g/mol. The summed E-state index contributed by atoms with van der Waals surface area (Å²) in [5, 5.41) is 8.97. The number of hydrogen-bond acceptors (Lipinski definition) is 3. The van der Waals surface area contributed by atoms with E-state index in [1.165, 1.54) is 0 Å². The Labute approximate surface area is 101 Å². The smallest absolute Gasteiger partial charge is 0.308 e. The van der Waals surface area contributed by atoms with Crippen LogP contribution in [-0.4, -0.2) is 47.7 Å². The summed E-state index contributed by atoms with van der Waals surface area (Å²) >= 11 is 0. The van der Waals surface area contributed by atoms with Crippen molar-refractivity contribution in [3.63, 3.8) is 0 Å². The molecule has 1 heterocycles. The highest BCUT2D eigenvalue weighted by Crippen LogP contribution is 2.36. The molecule has 0 bridgehead atoms. The molecule has 2 rings (SSSR count). The fourth-order valence-corrected chi connectivity index (χ4v) is 2.44. The van der Waals surface area contributed by atoms with E-state index in [4.69, 9.17) is 9.84 Å². The Balaban J connectivity index is 1.86. The zero-order valence-corrected chi connectivity index (χ0v) is 10.1. The Morgan fingerprint density at radius 2 is 2.24 bits per heavy atom. The first-order chi connectivity index (χ1) is 8.13. The normalized spacial score (nSPS) is 32.3. The van der Waals surface area contributed by atoms with Gasteiger partial charge in [-0.3, -0.25) is 9.59 Å². The Morgan fingerprint density at radius 1 is 1.47 bits per heavy atom. The van der Waals surface area contributed by atoms with Gasteiger partial charge in [-0.15, -0.1) is 0 Å². The Kier molecular flexibility index (Phi) is 3.66. The van der Waals surface area contributed by atoms with Gasteiger partial charge in [-0.1, -0.05) is 0 Å². The fraction of sp³-hybridized carbons (Fsp3) is 0.833. The number of amides is 1. The van der Waals surface area contributed by atoms with Crippen molar-refractivity contribution in [3.8, 4) is 0 Å². The molecule has 0 aromatic rings. The molecule has 1 aliphatic carbocycles. The average Bonchev–Trinajstić information content (AvgIpc) is 3.08. The third-order valence-corrected chi connectivity index (χ3v) is 3.51. The minimum absolute atomic E-state index is 0.0255. The maximum Gasteiger partial charge on any atom is 0.308 e. The third-order valence-electron chi connectivity index (χ3n) is 3.51. The molecular formula is C12H19NO4. The van der Waals surface area contributed by atoms with Crippen LogP contribution in [0.15, 0.2) is 0 Å². The second-order valence-electron chi connectivity index (χ2n) is 4.80. The van der Waals surface area contributed by atoms with E-state index >= 15 is 0 Å². The van der Waals surface area contributed by atoms with Gasteiger partial charge in [0.2, 0.25) is 5.91 Å². The maximum atomic E-state index is 12.1. The van der Waals surface area contributed by atoms with Gasteiger partial charge < -0.3 is 14.7 Å². The van der Waals surface area contributed by atoms with Crippen LogP contribution < -0.4 is 0 Å². The van der Waals surface area contributed by atoms with Crippen LogP contribution in [0.2, 0.25) is 0 Å². The van der Waals surface area contributed by atoms with E-state index in [2.05, 4.69) is 0 Å². The molecule has 96 valence electrons. The third kappa shape index (κ3) is 2.77. The van der Waals surface area contributed by atoms with Gasteiger partial charge in [0.15, 0.2) is 0 Å². The molecule has 5 nitrogen and oxygen atoms in total. The molecule has 0 unspecified atom stereocenters. The van der Waals surface area contributed by atoms with Crippen LogP contribution in [0.25, 0.3) is 0 Å². The van der Waals surface area contributed by atoms with Crippen LogP contribution in [-0.2, 0) is 14.3 Å². The molecule has 3 atom stereocenters. The van der Waals surface area contributed by atoms with Crippen LogP contribution in [0, 0.1) is 11.8 Å². The van der Waals surface area contributed by atoms with Crippen molar-refractivity contribution in [2.24, 2.45) is 11.8 Å². The Hall–Kier alpha value is -1.10. The standard InChI is InChI=1S/C12H19NO4/c1-2-17-10-6-9(10)11(14)13-5-3-4-8(7-13)12(15)16/h8-10H,2-7H2,1H3,(H,15,16)/t8-,9-,10+/m0/s1. The first kappa shape index (κ1) is 12.4. The predicted octanol–water partition coefficient (Wildman–Crippen LogP) is 0.735. The molecule has 2 fully saturated rings. The SMILES string of the molecule is CCO[C@@H]1C[C@@H]1C(=O)N1CCC[C@H](C(=O)O)C1. The molecule has 5 heteroatoms. The number of carbonyl (C=O) groups is 2. The van der Waals surface area contributed by atoms with Crippen molar-refractivity contribution in [1.82, 2.24) is 4.90 Å². The molecule has 1 N–H and O–H groups in total. The Morgan fingerprint density at radius 3 is 2.88 bits per heavy atom. The highest BCUT2D eigenvalue weighted by atomic mass is 16.5. The van der Waals surface area contributed by atoms with Crippen molar-refractivity contribution < 1.29 is 19.4 Å². The van der Waals surface area contributed by atoms with Gasteiger partial charge >= 0.3 is 5.97 Å². The van der Waals surface area contributed by atoms with E-state index in [-0.39, 0.29) is 17.9 Å². The van der Waals surface area contributed by atoms with Crippen molar-refractivity contribution in [2.75, 3.05) is 19.7 Å². The highest BCUT2D eigenvalue weighted by molar-refractivity contribution is 5.83. The molecule has 0 radical (unpaired) electrons. The zero-order valence-electron chi connectivity index (χ0n) is 10.1. The van der Waals surface area contributed by atoms with Crippen LogP contribution in [0.5, 0.6) is 0 Å². The topological polar surface area (TPSA) is 66.8 Å². The lowest BCUT2D eigenvalue weighted by Gasteiger charge is -2.30. The van der Waals surface area contributed by atoms with Gasteiger partial charge in [0, 0.05) is 19.7 Å². The van der Waals surface area contributed by atoms with E-state index in [1.807, 2.05) is 6.92 Å². The summed E-state index contributed by atoms with van der Waals surface area (Å²) in [5.41, 5.74) is 0. The van der Waals surface area contributed by atoms with Crippen molar-refractivity contribution in [1.29, 1.82) is 0 Å². The molecule has 1 aliphatic heterocycles. The van der Waals surface area contributed by atoms with Gasteiger partial charge in [-0.2, -0.15) is 0 Å². The van der Waals surface area contributed by atoms with Crippen molar-refractivity contribution >= 4 is 11.9 Å². The largest absolute Gasteiger partial charge is 0.481 e. The summed E-state index contributed by atoms with van der Waals surface area (Å²) in [4.78, 5) is 24.7. The van der Waals surface area contributed by atoms with Gasteiger partial charge in [-0.05, 0) is 26.2 Å². The lowest BCUT2D eigenvalue weighted by molar-refractivity contribution is -0.146. The summed E-state index contributed by atoms with van der Waals surface area (Å²) in [6.07, 6.45) is 2.33. The van der Waals surface area contributed by atoms with Gasteiger partial charge in [-0.25, -0.2) is 0 Å². The molecule has 0 aromatic heterocycles. The molecule has 0 aromatic carbocycles. The minimum Gasteiger partial charge on any atom is -0.481 e. The number of carbonyl (C=O) groups excluding carboxylic acids is 1. The monoisotopic (exact) mass is 241 g/mol. The first-order valence-corrected chi connectivity index (χ1v) is 6.26. The number of carboxylic acid groups (broad SMARTS) is 1. The second-order valence-corrected chi connectivity index (χ2v) is 4.80. The van der Waals surface area contributed by atoms with Crippen LogP contribution in [0.3, 0.4) is 0 Å². The number of likely N-dealkylation sites (tertiary alicyclic amines) is 1. The molecular weight excluding hydrogens is 222 g/mol. The molecule has 2 aliphatic rings. The van der Waals surface area contributed by atoms with Gasteiger partial charge in [0.1, 0.15) is 0 Å². The van der Waals surface area contributed by atoms with E-state index in [1.54, 1.807) is 4.90 Å². The van der Waals surface area contributed by atoms with Crippen LogP contribution in [0.1, 0.15) is 26.2 Å². The zero-order chi connectivity index (χ0) is 12.4. The number of aliphatic carboxylic acids is 1. The van der Waals surface area contributed by atoms with Crippen LogP contribution in [0.4, 0.5) is 0 Å². The van der Waals surface area contributed by atoms with E-state index in [0.717, 1.165) is 12.8 Å². The van der Waals surface area contributed by atoms with Crippen molar-refractivity contribution in [3.05, 3.63) is 0 Å². The molecule has 17 heavy (non-hydrogen) atoms. The fourth-order valence-electron chi connectivity index (χ4n) is 2.44. The molecule has 1 saturated heterocycles. The lowest BCUT2D eigenvalue weighted by Crippen LogP contribution is -2.43. The second kappa shape index (κ2) is 5.04. The summed E-state index contributed by atoms with van der Waals surface area (Å²) in [5.74, 6) is -1.13. The minimum atomic E-state index is -0.792. The van der Waals surface area contributed by atoms with E-state index in [0.29, 0.717) is 26.1 Å². The van der Waals surface area contributed by atoms with Gasteiger partial charge in [0.25, 0.3) is 0 Å². The number of nitrogens with zero attached hydrogens (tertiary/aromatic N) is 1. The maximum absolute atomic E-state index is 12.1. The first-order valence-electron chi connectivity index (χ1n) is 6.26. The Bertz CT molecular complexity index is 318. The number of ether oxygens (including phenoxy) is 1. The molecule has 1 saturated carbocycles. The molecule has 1 amide bonds. The summed E-state index contributed by atoms with van der Waals surface area (Å²) in [6, 6.07) is 0. The number of hydrogen-bond donors (Lipinski definition) is 1. The summed E-state index contributed by atoms with van der Waals surface area (Å²) in [7, 11) is 0.